The molecule has 0 aromatic heterocycles. The molecule has 0 bridgehead atoms. The molecule has 2 unspecified atom stereocenters. The maximum atomic E-state index is 11.8. The molecule has 1 rings (SSSR count). The van der Waals surface area contributed by atoms with E-state index in [-0.39, 0.29) is 17.7 Å². The molecule has 1 aromatic carbocycles. The first-order chi connectivity index (χ1) is 7.90. The van der Waals surface area contributed by atoms with Gasteiger partial charge in [-0.25, -0.2) is 0 Å². The molecule has 0 fully saturated rings. The summed E-state index contributed by atoms with van der Waals surface area (Å²) >= 11 is 0. The van der Waals surface area contributed by atoms with Gasteiger partial charge in [0.05, 0.1) is 0 Å². The highest BCUT2D eigenvalue weighted by molar-refractivity contribution is 7.84. The fourth-order valence-electron chi connectivity index (χ4n) is 1.50. The number of hydrogen-bond acceptors (Lipinski definition) is 3. The fourth-order valence-corrected chi connectivity index (χ4v) is 2.29. The third kappa shape index (κ3) is 4.19. The number of aryl methyl sites for hydroxylation is 1. The first-order valence-corrected chi connectivity index (χ1v) is 7.03. The minimum Gasteiger partial charge on any atom is -0.508 e. The minimum absolute atomic E-state index is 0.137. The molecule has 2 N–H and O–H groups in total. The van der Waals surface area contributed by atoms with Crippen LogP contribution in [0.3, 0.4) is 0 Å². The number of carbonyl (C=O) groups excluding carboxylic acids is 1. The molecular weight excluding hydrogens is 238 g/mol. The first kappa shape index (κ1) is 13.7. The lowest BCUT2D eigenvalue weighted by molar-refractivity contribution is 0.0943. The van der Waals surface area contributed by atoms with Crippen molar-refractivity contribution in [3.63, 3.8) is 0 Å². The lowest BCUT2D eigenvalue weighted by Gasteiger charge is -2.12. The van der Waals surface area contributed by atoms with Gasteiger partial charge in [-0.1, -0.05) is 0 Å². The van der Waals surface area contributed by atoms with E-state index in [0.29, 0.717) is 16.9 Å². The molecule has 0 spiro atoms. The molecular formula is C12H17NO3S. The van der Waals surface area contributed by atoms with E-state index in [9.17, 15) is 14.1 Å². The van der Waals surface area contributed by atoms with E-state index >= 15 is 0 Å². The Bertz CT molecular complexity index is 445. The quantitative estimate of drug-likeness (QED) is 0.849. The second kappa shape index (κ2) is 5.82. The average molecular weight is 255 g/mol. The summed E-state index contributed by atoms with van der Waals surface area (Å²) in [6, 6.07) is 4.54. The van der Waals surface area contributed by atoms with Crippen molar-refractivity contribution in [1.82, 2.24) is 5.32 Å². The van der Waals surface area contributed by atoms with Gasteiger partial charge in [0.2, 0.25) is 0 Å². The molecule has 0 aliphatic heterocycles. The average Bonchev–Trinajstić information content (AvgIpc) is 2.20. The van der Waals surface area contributed by atoms with Gasteiger partial charge in [0.25, 0.3) is 5.91 Å². The van der Waals surface area contributed by atoms with Crippen molar-refractivity contribution in [3.05, 3.63) is 29.3 Å². The van der Waals surface area contributed by atoms with Crippen molar-refractivity contribution in [2.45, 2.75) is 19.9 Å². The van der Waals surface area contributed by atoms with Crippen LogP contribution in [0, 0.1) is 6.92 Å². The number of hydrogen-bond donors (Lipinski definition) is 2. The SMILES string of the molecule is Cc1cc(C(=O)NC(C)CS(C)=O)ccc1O. The lowest BCUT2D eigenvalue weighted by Crippen LogP contribution is -2.36. The van der Waals surface area contributed by atoms with E-state index in [4.69, 9.17) is 0 Å². The Kier molecular flexibility index (Phi) is 4.69. The number of nitrogens with one attached hydrogen (secondary N) is 1. The number of amides is 1. The van der Waals surface area contributed by atoms with Gasteiger partial charge in [0, 0.05) is 34.4 Å². The van der Waals surface area contributed by atoms with Crippen LogP contribution in [0.25, 0.3) is 0 Å². The summed E-state index contributed by atoms with van der Waals surface area (Å²) in [5, 5.41) is 12.1. The molecule has 0 aliphatic carbocycles. The van der Waals surface area contributed by atoms with Crippen LogP contribution >= 0.6 is 0 Å². The molecule has 5 heteroatoms. The van der Waals surface area contributed by atoms with E-state index in [1.54, 1.807) is 25.3 Å². The van der Waals surface area contributed by atoms with Gasteiger partial charge in [-0.2, -0.15) is 0 Å². The molecule has 0 saturated carbocycles. The third-order valence-electron chi connectivity index (χ3n) is 2.32. The molecule has 1 aromatic rings. The Morgan fingerprint density at radius 2 is 2.18 bits per heavy atom. The number of benzene rings is 1. The van der Waals surface area contributed by atoms with Crippen LogP contribution in [-0.2, 0) is 10.8 Å². The highest BCUT2D eigenvalue weighted by Crippen LogP contribution is 2.16. The number of rotatable bonds is 4. The Hall–Kier alpha value is -1.36. The molecule has 4 nitrogen and oxygen atoms in total. The van der Waals surface area contributed by atoms with E-state index in [0.717, 1.165) is 0 Å². The van der Waals surface area contributed by atoms with Crippen LogP contribution in [0.15, 0.2) is 18.2 Å². The van der Waals surface area contributed by atoms with Gasteiger partial charge >= 0.3 is 0 Å². The summed E-state index contributed by atoms with van der Waals surface area (Å²) in [7, 11) is -0.931. The first-order valence-electron chi connectivity index (χ1n) is 5.30. The third-order valence-corrected chi connectivity index (χ3v) is 3.29. The predicted molar refractivity (Wildman–Crippen MR) is 68.7 cm³/mol. The van der Waals surface area contributed by atoms with Gasteiger partial charge < -0.3 is 10.4 Å². The highest BCUT2D eigenvalue weighted by Gasteiger charge is 2.11. The summed E-state index contributed by atoms with van der Waals surface area (Å²) < 4.78 is 11.0. The van der Waals surface area contributed by atoms with Crippen LogP contribution < -0.4 is 5.32 Å². The normalized spacial score (nSPS) is 14.1. The standard InChI is InChI=1S/C12H17NO3S/c1-8-6-10(4-5-11(8)14)12(15)13-9(2)7-17(3)16/h4-6,9,14H,7H2,1-3H3,(H,13,15). The van der Waals surface area contributed by atoms with E-state index in [2.05, 4.69) is 5.32 Å². The molecule has 1 amide bonds. The van der Waals surface area contributed by atoms with Crippen LogP contribution in [0.1, 0.15) is 22.8 Å². The minimum atomic E-state index is -0.931. The summed E-state index contributed by atoms with van der Waals surface area (Å²) in [4.78, 5) is 11.8. The van der Waals surface area contributed by atoms with Gasteiger partial charge in [-0.05, 0) is 37.6 Å². The zero-order valence-electron chi connectivity index (χ0n) is 10.2. The lowest BCUT2D eigenvalue weighted by atomic mass is 10.1. The summed E-state index contributed by atoms with van der Waals surface area (Å²) in [6.45, 7) is 3.54. The zero-order valence-corrected chi connectivity index (χ0v) is 11.0. The summed E-state index contributed by atoms with van der Waals surface area (Å²) in [5.41, 5.74) is 1.15. The van der Waals surface area contributed by atoms with E-state index in [1.807, 2.05) is 6.92 Å². The molecule has 17 heavy (non-hydrogen) atoms. The molecule has 0 heterocycles. The van der Waals surface area contributed by atoms with Crippen molar-refractivity contribution in [1.29, 1.82) is 0 Å². The number of phenolic OH excluding ortho intramolecular Hbond substituents is 1. The van der Waals surface area contributed by atoms with Gasteiger partial charge in [-0.3, -0.25) is 9.00 Å². The number of carbonyl (C=O) groups is 1. The van der Waals surface area contributed by atoms with Gasteiger partial charge in [0.1, 0.15) is 5.75 Å². The molecule has 0 radical (unpaired) electrons. The van der Waals surface area contributed by atoms with Crippen molar-refractivity contribution in [3.8, 4) is 5.75 Å². The van der Waals surface area contributed by atoms with Crippen molar-refractivity contribution in [2.24, 2.45) is 0 Å². The van der Waals surface area contributed by atoms with Crippen LogP contribution in [-0.4, -0.2) is 33.3 Å². The van der Waals surface area contributed by atoms with E-state index in [1.165, 1.54) is 6.07 Å². The maximum Gasteiger partial charge on any atom is 0.251 e. The van der Waals surface area contributed by atoms with Gasteiger partial charge in [0.15, 0.2) is 0 Å². The summed E-state index contributed by atoms with van der Waals surface area (Å²) in [5.74, 6) is 0.387. The van der Waals surface area contributed by atoms with Gasteiger partial charge in [-0.15, -0.1) is 0 Å². The van der Waals surface area contributed by atoms with Crippen LogP contribution in [0.2, 0.25) is 0 Å². The highest BCUT2D eigenvalue weighted by atomic mass is 32.2. The molecule has 0 saturated heterocycles. The zero-order chi connectivity index (χ0) is 13.0. The molecule has 2 atom stereocenters. The maximum absolute atomic E-state index is 11.8. The molecule has 0 aliphatic rings. The van der Waals surface area contributed by atoms with Crippen molar-refractivity contribution >= 4 is 16.7 Å². The van der Waals surface area contributed by atoms with Crippen LogP contribution in [0.5, 0.6) is 5.75 Å². The number of aromatic hydroxyl groups is 1. The Morgan fingerprint density at radius 3 is 2.71 bits per heavy atom. The topological polar surface area (TPSA) is 66.4 Å². The smallest absolute Gasteiger partial charge is 0.251 e. The second-order valence-electron chi connectivity index (χ2n) is 4.12. The second-order valence-corrected chi connectivity index (χ2v) is 5.60. The monoisotopic (exact) mass is 255 g/mol. The predicted octanol–water partition coefficient (Wildman–Crippen LogP) is 1.20. The molecule has 94 valence electrons. The van der Waals surface area contributed by atoms with Crippen molar-refractivity contribution in [2.75, 3.05) is 12.0 Å². The fraction of sp³-hybridized carbons (Fsp3) is 0.417. The van der Waals surface area contributed by atoms with Crippen molar-refractivity contribution < 1.29 is 14.1 Å². The van der Waals surface area contributed by atoms with Crippen LogP contribution in [0.4, 0.5) is 0 Å². The largest absolute Gasteiger partial charge is 0.508 e. The number of phenols is 1. The van der Waals surface area contributed by atoms with E-state index < -0.39 is 10.8 Å². The summed E-state index contributed by atoms with van der Waals surface area (Å²) in [6.07, 6.45) is 1.60. The Balaban J connectivity index is 2.70. The Morgan fingerprint density at radius 1 is 1.53 bits per heavy atom. The Labute approximate surface area is 104 Å².